The zero-order valence-electron chi connectivity index (χ0n) is 35.7. The number of pyridine rings is 2. The molecule has 2 heterocycles. The maximum Gasteiger partial charge on any atom is 0.0933 e. The number of rotatable bonds is 9. The summed E-state index contributed by atoms with van der Waals surface area (Å²) in [5.41, 5.74) is 8.48. The fourth-order valence-electron chi connectivity index (χ4n) is 15.6. The van der Waals surface area contributed by atoms with Crippen LogP contribution in [0.2, 0.25) is 44.8 Å². The zero-order chi connectivity index (χ0) is 39.1. The maximum absolute atomic E-state index is 5.65. The third kappa shape index (κ3) is 6.17. The van der Waals surface area contributed by atoms with Crippen molar-refractivity contribution in [1.29, 1.82) is 0 Å². The minimum atomic E-state index is -1.74. The van der Waals surface area contributed by atoms with Gasteiger partial charge in [0.15, 0.2) is 0 Å². The van der Waals surface area contributed by atoms with Crippen molar-refractivity contribution in [1.82, 2.24) is 9.97 Å². The van der Waals surface area contributed by atoms with Gasteiger partial charge in [0, 0.05) is 10.8 Å². The Hall–Kier alpha value is -1.97. The summed E-state index contributed by atoms with van der Waals surface area (Å²) in [4.78, 5) is 11.3. The summed E-state index contributed by atoms with van der Waals surface area (Å²) < 4.78 is 0. The Morgan fingerprint density at radius 2 is 1.00 bits per heavy atom. The number of nitrogens with zero attached hydrogens (tertiary/aromatic N) is 2. The van der Waals surface area contributed by atoms with Crippen molar-refractivity contribution in [3.8, 4) is 0 Å². The Bertz CT molecular complexity index is 2130. The molecule has 2 atom stereocenters. The van der Waals surface area contributed by atoms with Gasteiger partial charge in [-0.25, -0.2) is 0 Å². The molecule has 298 valence electrons. The first-order valence-corrected chi connectivity index (χ1v) is 32.1. The number of hydrogen-bond donors (Lipinski definition) is 0. The monoisotopic (exact) mass is 824 g/mol. The van der Waals surface area contributed by atoms with Crippen LogP contribution in [0.4, 0.5) is 0 Å². The normalized spacial score (nSPS) is 35.1. The van der Waals surface area contributed by atoms with Crippen LogP contribution in [-0.4, -0.2) is 42.6 Å². The summed E-state index contributed by atoms with van der Waals surface area (Å²) in [6.07, 6.45) is 22.9. The van der Waals surface area contributed by atoms with Crippen LogP contribution in [0.5, 0.6) is 0 Å². The van der Waals surface area contributed by atoms with Crippen LogP contribution in [0, 0.1) is 35.5 Å². The number of para-hydroxylation sites is 2. The second-order valence-corrected chi connectivity index (χ2v) is 37.4. The molecule has 13 rings (SSSR count). The van der Waals surface area contributed by atoms with Crippen molar-refractivity contribution in [2.45, 2.75) is 137 Å². The second-order valence-electron chi connectivity index (χ2n) is 23.0. The van der Waals surface area contributed by atoms with E-state index in [9.17, 15) is 0 Å². The first-order chi connectivity index (χ1) is 27.2. The Kier molecular flexibility index (Phi) is 8.84. The maximum atomic E-state index is 5.65. The average Bonchev–Trinajstić information content (AvgIpc) is 3.57. The summed E-state index contributed by atoms with van der Waals surface area (Å²) >= 11 is 0. The molecule has 0 radical (unpaired) electrons. The van der Waals surface area contributed by atoms with Crippen molar-refractivity contribution >= 4 is 55.1 Å². The van der Waals surface area contributed by atoms with Gasteiger partial charge in [0.2, 0.25) is 0 Å². The van der Waals surface area contributed by atoms with E-state index in [0.717, 1.165) is 57.9 Å². The van der Waals surface area contributed by atoms with Crippen molar-refractivity contribution in [3.63, 3.8) is 0 Å². The number of allylic oxidation sites excluding steroid dienone is 4. The summed E-state index contributed by atoms with van der Waals surface area (Å²) in [7, 11) is -0.160. The molecule has 4 aromatic rings. The fraction of sp³-hybridized carbons (Fsp3) is 0.569. The van der Waals surface area contributed by atoms with Crippen LogP contribution in [0.25, 0.3) is 21.8 Å². The van der Waals surface area contributed by atoms with Crippen LogP contribution in [0.1, 0.15) is 88.4 Å². The van der Waals surface area contributed by atoms with Crippen LogP contribution in [0.3, 0.4) is 0 Å². The molecule has 0 N–H and O–H groups in total. The van der Waals surface area contributed by atoms with E-state index in [-0.39, 0.29) is 7.92 Å². The molecule has 0 saturated heterocycles. The van der Waals surface area contributed by atoms with E-state index in [1.54, 1.807) is 82.6 Å². The number of hydrogen-bond acceptors (Lipinski definition) is 2. The lowest BCUT2D eigenvalue weighted by Crippen LogP contribution is -2.57. The molecular weight excluding hydrogens is 759 g/mol. The quantitative estimate of drug-likeness (QED) is 0.124. The predicted octanol–water partition coefficient (Wildman–Crippen LogP) is 14.1. The molecular formula is C51H66N2P2Si2. The zero-order valence-corrected chi connectivity index (χ0v) is 39.7. The van der Waals surface area contributed by atoms with Gasteiger partial charge in [-0.05, 0) is 164 Å². The fourth-order valence-corrected chi connectivity index (χ4v) is 28.2. The van der Waals surface area contributed by atoms with Gasteiger partial charge in [0.25, 0.3) is 0 Å². The molecule has 2 aromatic heterocycles. The van der Waals surface area contributed by atoms with Gasteiger partial charge >= 0.3 is 0 Å². The molecule has 2 nitrogen and oxygen atoms in total. The molecule has 6 heteroatoms. The van der Waals surface area contributed by atoms with E-state index in [0.29, 0.717) is 15.9 Å². The van der Waals surface area contributed by atoms with E-state index in [2.05, 4.69) is 127 Å². The van der Waals surface area contributed by atoms with Crippen molar-refractivity contribution in [2.24, 2.45) is 35.5 Å². The molecule has 9 aliphatic carbocycles. The first kappa shape index (κ1) is 38.0. The van der Waals surface area contributed by atoms with Gasteiger partial charge in [0.1, 0.15) is 0 Å². The number of fused-ring (bicyclic) bond motifs is 2. The van der Waals surface area contributed by atoms with Gasteiger partial charge in [0.05, 0.1) is 43.7 Å². The third-order valence-electron chi connectivity index (χ3n) is 17.0. The third-order valence-corrected chi connectivity index (χ3v) is 26.7. The Morgan fingerprint density at radius 1 is 0.596 bits per heavy atom. The summed E-state index contributed by atoms with van der Waals surface area (Å²) in [6, 6.07) is 26.9. The molecule has 0 spiro atoms. The Labute approximate surface area is 349 Å². The molecule has 2 unspecified atom stereocenters. The molecule has 9 aliphatic rings. The highest BCUT2D eigenvalue weighted by atomic mass is 31.1. The minimum Gasteiger partial charge on any atom is -0.251 e. The topological polar surface area (TPSA) is 25.8 Å². The largest absolute Gasteiger partial charge is 0.251 e. The molecule has 2 aromatic carbocycles. The van der Waals surface area contributed by atoms with Crippen molar-refractivity contribution in [2.75, 3.05) is 6.16 Å². The van der Waals surface area contributed by atoms with E-state index in [1.807, 2.05) is 10.8 Å². The summed E-state index contributed by atoms with van der Waals surface area (Å²) in [6.45, 7) is 16.1. The van der Waals surface area contributed by atoms with Crippen molar-refractivity contribution in [3.05, 3.63) is 107 Å². The van der Waals surface area contributed by atoms with Crippen LogP contribution in [0.15, 0.2) is 95.2 Å². The van der Waals surface area contributed by atoms with E-state index >= 15 is 0 Å². The number of benzene rings is 2. The lowest BCUT2D eigenvalue weighted by atomic mass is 9.55. The van der Waals surface area contributed by atoms with Crippen molar-refractivity contribution < 1.29 is 0 Å². The van der Waals surface area contributed by atoms with Crippen LogP contribution < -0.4 is 0 Å². The second kappa shape index (κ2) is 13.3. The number of aromatic nitrogens is 2. The van der Waals surface area contributed by atoms with Gasteiger partial charge in [-0.15, -0.1) is 9.24 Å². The molecule has 0 amide bonds. The molecule has 8 saturated carbocycles. The summed E-state index contributed by atoms with van der Waals surface area (Å²) in [5, 5.41) is 4.88. The van der Waals surface area contributed by atoms with E-state index < -0.39 is 21.3 Å². The first-order valence-electron chi connectivity index (χ1n) is 22.9. The Morgan fingerprint density at radius 3 is 1.39 bits per heavy atom. The van der Waals surface area contributed by atoms with E-state index in [1.165, 1.54) is 16.9 Å². The van der Waals surface area contributed by atoms with Gasteiger partial charge in [-0.2, -0.15) is 0 Å². The standard InChI is InChI=1S/C51H66N2P2Si2/c1-56(2,3)45-25-42(51(54,46-17-15-39-11-7-9-13-43(39)52-46)47-18-16-40-12-8-10-14-44(40)53-47)41(48(45)57(4,5)6)32-55(49-26-33-19-34(27-49)21-35(20-33)28-49)50-29-36-22-37(30-50)24-38(23-36)31-50/h7-18,25,33-38,48H,19-24,26-32,54H2,1-6H3. The van der Waals surface area contributed by atoms with Gasteiger partial charge in [-0.3, -0.25) is 9.97 Å². The molecule has 8 fully saturated rings. The minimum absolute atomic E-state index is 0.220. The lowest BCUT2D eigenvalue weighted by molar-refractivity contribution is 0.0187. The van der Waals surface area contributed by atoms with Crippen LogP contribution in [-0.2, 0) is 5.16 Å². The highest BCUT2D eigenvalue weighted by Crippen LogP contribution is 2.80. The highest BCUT2D eigenvalue weighted by Gasteiger charge is 2.63. The highest BCUT2D eigenvalue weighted by molar-refractivity contribution is 7.61. The molecule has 8 bridgehead atoms. The molecule has 0 aliphatic heterocycles. The smallest absolute Gasteiger partial charge is 0.0933 e. The van der Waals surface area contributed by atoms with Gasteiger partial charge in [-0.1, -0.05) is 113 Å². The molecule has 57 heavy (non-hydrogen) atoms. The lowest BCUT2D eigenvalue weighted by Gasteiger charge is -2.68. The van der Waals surface area contributed by atoms with Gasteiger partial charge < -0.3 is 0 Å². The Balaban J connectivity index is 1.17. The summed E-state index contributed by atoms with van der Waals surface area (Å²) in [5.74, 6) is 6.00. The van der Waals surface area contributed by atoms with Crippen LogP contribution >= 0.6 is 17.2 Å². The average molecular weight is 825 g/mol. The SMILES string of the molecule is C[Si](C)(C)C1=CC(C(P)(c2ccc3ccccc3n2)c2ccc3ccccc3n2)=C(CP(C23CC4CC(CC(C4)C2)C3)C23CC4CC(CC(C4)C2)C3)C1[Si](C)(C)C. The van der Waals surface area contributed by atoms with E-state index in [4.69, 9.17) is 9.97 Å². The predicted molar refractivity (Wildman–Crippen MR) is 253 cm³/mol.